The highest BCUT2D eigenvalue weighted by atomic mass is 16.3. The molecule has 0 unspecified atom stereocenters. The second-order valence-corrected chi connectivity index (χ2v) is 6.70. The first-order chi connectivity index (χ1) is 7.68. The van der Waals surface area contributed by atoms with Crippen molar-refractivity contribution in [1.29, 1.82) is 0 Å². The molecule has 0 aliphatic heterocycles. The molecule has 17 heavy (non-hydrogen) atoms. The summed E-state index contributed by atoms with van der Waals surface area (Å²) in [6.07, 6.45) is 0. The van der Waals surface area contributed by atoms with Crippen LogP contribution in [0.25, 0.3) is 11.1 Å². The minimum atomic E-state index is -0.0408. The van der Waals surface area contributed by atoms with Crippen LogP contribution in [0.3, 0.4) is 0 Å². The van der Waals surface area contributed by atoms with Crippen molar-refractivity contribution in [3.05, 3.63) is 29.7 Å². The van der Waals surface area contributed by atoms with Crippen molar-refractivity contribution in [2.75, 3.05) is 0 Å². The Bertz CT molecular complexity index is 526. The molecule has 0 aliphatic rings. The standard InChI is InChI=1S/C15H21NO/c1-14(2,3)10-7-8-11-12(9-10)17-13(16-11)15(4,5)6/h7-9H,1-6H3. The van der Waals surface area contributed by atoms with E-state index in [1.54, 1.807) is 0 Å². The zero-order valence-corrected chi connectivity index (χ0v) is 11.6. The van der Waals surface area contributed by atoms with E-state index in [1.807, 2.05) is 0 Å². The van der Waals surface area contributed by atoms with Gasteiger partial charge in [-0.15, -0.1) is 0 Å². The maximum Gasteiger partial charge on any atom is 0.200 e. The van der Waals surface area contributed by atoms with Crippen molar-refractivity contribution < 1.29 is 4.42 Å². The Hall–Kier alpha value is -1.31. The fourth-order valence-electron chi connectivity index (χ4n) is 1.71. The maximum absolute atomic E-state index is 5.86. The lowest BCUT2D eigenvalue weighted by Gasteiger charge is -2.18. The quantitative estimate of drug-likeness (QED) is 0.670. The first-order valence-electron chi connectivity index (χ1n) is 6.09. The number of nitrogens with zero attached hydrogens (tertiary/aromatic N) is 1. The monoisotopic (exact) mass is 231 g/mol. The summed E-state index contributed by atoms with van der Waals surface area (Å²) >= 11 is 0. The molecule has 0 spiro atoms. The van der Waals surface area contributed by atoms with Gasteiger partial charge >= 0.3 is 0 Å². The van der Waals surface area contributed by atoms with Crippen LogP contribution in [0.1, 0.15) is 53.0 Å². The molecule has 0 N–H and O–H groups in total. The van der Waals surface area contributed by atoms with E-state index >= 15 is 0 Å². The molecule has 0 bridgehead atoms. The van der Waals surface area contributed by atoms with Crippen molar-refractivity contribution in [3.8, 4) is 0 Å². The molecule has 0 saturated heterocycles. The van der Waals surface area contributed by atoms with Gasteiger partial charge in [0.25, 0.3) is 0 Å². The minimum absolute atomic E-state index is 0.0408. The zero-order chi connectivity index (χ0) is 12.8. The van der Waals surface area contributed by atoms with E-state index in [9.17, 15) is 0 Å². The number of hydrogen-bond acceptors (Lipinski definition) is 2. The highest BCUT2D eigenvalue weighted by Gasteiger charge is 2.22. The van der Waals surface area contributed by atoms with Gasteiger partial charge in [-0.25, -0.2) is 4.98 Å². The Labute approximate surface area is 103 Å². The lowest BCUT2D eigenvalue weighted by molar-refractivity contribution is 0.410. The van der Waals surface area contributed by atoms with Crippen LogP contribution in [0.5, 0.6) is 0 Å². The van der Waals surface area contributed by atoms with Gasteiger partial charge in [0, 0.05) is 5.41 Å². The minimum Gasteiger partial charge on any atom is -0.440 e. The molecule has 0 radical (unpaired) electrons. The van der Waals surface area contributed by atoms with Crippen LogP contribution in [0.2, 0.25) is 0 Å². The highest BCUT2D eigenvalue weighted by Crippen LogP contribution is 2.29. The molecule has 0 saturated carbocycles. The number of fused-ring (bicyclic) bond motifs is 1. The Morgan fingerprint density at radius 1 is 0.941 bits per heavy atom. The summed E-state index contributed by atoms with van der Waals surface area (Å²) in [5.74, 6) is 0.804. The fourth-order valence-corrected chi connectivity index (χ4v) is 1.71. The second kappa shape index (κ2) is 3.59. The molecule has 0 fully saturated rings. The summed E-state index contributed by atoms with van der Waals surface area (Å²) in [7, 11) is 0. The molecule has 2 aromatic rings. The van der Waals surface area contributed by atoms with Gasteiger partial charge in [0.1, 0.15) is 5.52 Å². The molecule has 2 heteroatoms. The van der Waals surface area contributed by atoms with Crippen molar-refractivity contribution in [2.24, 2.45) is 0 Å². The van der Waals surface area contributed by atoms with Gasteiger partial charge in [-0.3, -0.25) is 0 Å². The topological polar surface area (TPSA) is 26.0 Å². The molecule has 92 valence electrons. The van der Waals surface area contributed by atoms with Gasteiger partial charge < -0.3 is 4.42 Å². The number of hydrogen-bond donors (Lipinski definition) is 0. The molecular formula is C15H21NO. The normalized spacial score (nSPS) is 13.3. The number of aromatic nitrogens is 1. The number of benzene rings is 1. The van der Waals surface area contributed by atoms with Gasteiger partial charge in [-0.1, -0.05) is 47.6 Å². The van der Waals surface area contributed by atoms with Gasteiger partial charge in [0.15, 0.2) is 5.58 Å². The van der Waals surface area contributed by atoms with Crippen molar-refractivity contribution in [3.63, 3.8) is 0 Å². The molecule has 2 rings (SSSR count). The van der Waals surface area contributed by atoms with Gasteiger partial charge in [-0.05, 0) is 23.1 Å². The van der Waals surface area contributed by atoms with Crippen LogP contribution in [-0.2, 0) is 10.8 Å². The van der Waals surface area contributed by atoms with E-state index < -0.39 is 0 Å². The molecule has 1 heterocycles. The Morgan fingerprint density at radius 2 is 1.59 bits per heavy atom. The van der Waals surface area contributed by atoms with Crippen LogP contribution in [0.15, 0.2) is 22.6 Å². The molecule has 2 nitrogen and oxygen atoms in total. The predicted molar refractivity (Wildman–Crippen MR) is 71.4 cm³/mol. The maximum atomic E-state index is 5.86. The molecule has 1 aromatic heterocycles. The average molecular weight is 231 g/mol. The summed E-state index contributed by atoms with van der Waals surface area (Å²) in [5.41, 5.74) is 3.22. The van der Waals surface area contributed by atoms with Crippen molar-refractivity contribution in [2.45, 2.75) is 52.4 Å². The Kier molecular flexibility index (Phi) is 2.57. The van der Waals surface area contributed by atoms with Crippen molar-refractivity contribution >= 4 is 11.1 Å². The van der Waals surface area contributed by atoms with E-state index in [0.29, 0.717) is 0 Å². The van der Waals surface area contributed by atoms with E-state index in [2.05, 4.69) is 64.7 Å². The Morgan fingerprint density at radius 3 is 2.12 bits per heavy atom. The van der Waals surface area contributed by atoms with Gasteiger partial charge in [0.2, 0.25) is 5.89 Å². The first kappa shape index (κ1) is 12.2. The van der Waals surface area contributed by atoms with Crippen LogP contribution in [-0.4, -0.2) is 4.98 Å². The summed E-state index contributed by atoms with van der Waals surface area (Å²) in [5, 5.41) is 0. The SMILES string of the molecule is CC(C)(C)c1ccc2nc(C(C)(C)C)oc2c1. The third-order valence-corrected chi connectivity index (χ3v) is 2.90. The predicted octanol–water partition coefficient (Wildman–Crippen LogP) is 4.42. The lowest BCUT2D eigenvalue weighted by Crippen LogP contribution is -2.10. The smallest absolute Gasteiger partial charge is 0.200 e. The summed E-state index contributed by atoms with van der Waals surface area (Å²) in [6.45, 7) is 13.0. The van der Waals surface area contributed by atoms with Gasteiger partial charge in [0.05, 0.1) is 0 Å². The highest BCUT2D eigenvalue weighted by molar-refractivity contribution is 5.74. The van der Waals surface area contributed by atoms with Crippen LogP contribution < -0.4 is 0 Å². The largest absolute Gasteiger partial charge is 0.440 e. The van der Waals surface area contributed by atoms with Crippen LogP contribution >= 0.6 is 0 Å². The third kappa shape index (κ3) is 2.36. The van der Waals surface area contributed by atoms with Crippen LogP contribution in [0, 0.1) is 0 Å². The molecule has 0 atom stereocenters. The van der Waals surface area contributed by atoms with Crippen LogP contribution in [0.4, 0.5) is 0 Å². The Balaban J connectivity index is 2.56. The fraction of sp³-hybridized carbons (Fsp3) is 0.533. The first-order valence-corrected chi connectivity index (χ1v) is 6.09. The second-order valence-electron chi connectivity index (χ2n) is 6.70. The summed E-state index contributed by atoms with van der Waals surface area (Å²) < 4.78 is 5.86. The van der Waals surface area contributed by atoms with E-state index in [4.69, 9.17) is 4.42 Å². The summed E-state index contributed by atoms with van der Waals surface area (Å²) in [6, 6.07) is 6.30. The number of rotatable bonds is 0. The zero-order valence-electron chi connectivity index (χ0n) is 11.6. The van der Waals surface area contributed by atoms with E-state index in [1.165, 1.54) is 5.56 Å². The molecule has 0 aliphatic carbocycles. The molecule has 1 aromatic carbocycles. The average Bonchev–Trinajstić information content (AvgIpc) is 2.57. The van der Waals surface area contributed by atoms with E-state index in [0.717, 1.165) is 17.0 Å². The van der Waals surface area contributed by atoms with Crippen molar-refractivity contribution in [1.82, 2.24) is 4.98 Å². The third-order valence-electron chi connectivity index (χ3n) is 2.90. The van der Waals surface area contributed by atoms with E-state index in [-0.39, 0.29) is 10.8 Å². The molecule has 0 amide bonds. The summed E-state index contributed by atoms with van der Waals surface area (Å²) in [4.78, 5) is 4.54. The lowest BCUT2D eigenvalue weighted by atomic mass is 9.87. The van der Waals surface area contributed by atoms with Gasteiger partial charge in [-0.2, -0.15) is 0 Å². The molecular weight excluding hydrogens is 210 g/mol. The number of oxazole rings is 1.